The number of benzene rings is 2. The zero-order chi connectivity index (χ0) is 14.7. The van der Waals surface area contributed by atoms with E-state index in [2.05, 4.69) is 10.6 Å². The fourth-order valence-electron chi connectivity index (χ4n) is 1.70. The highest BCUT2D eigenvalue weighted by molar-refractivity contribution is 6.43. The Bertz CT molecular complexity index is 659. The van der Waals surface area contributed by atoms with Gasteiger partial charge in [-0.1, -0.05) is 29.3 Å². The first kappa shape index (κ1) is 14.5. The number of nitrogens with two attached hydrogens (primary N) is 1. The van der Waals surface area contributed by atoms with Crippen molar-refractivity contribution in [3.8, 4) is 0 Å². The highest BCUT2D eigenvalue weighted by Crippen LogP contribution is 2.33. The number of hydrogen-bond acceptors (Lipinski definition) is 3. The molecule has 2 rings (SSSR count). The third kappa shape index (κ3) is 2.98. The summed E-state index contributed by atoms with van der Waals surface area (Å²) >= 11 is 12.1. The summed E-state index contributed by atoms with van der Waals surface area (Å²) in [5, 5.41) is 6.48. The van der Waals surface area contributed by atoms with Gasteiger partial charge in [0.15, 0.2) is 0 Å². The molecule has 0 saturated heterocycles. The Morgan fingerprint density at radius 2 is 1.90 bits per heavy atom. The van der Waals surface area contributed by atoms with E-state index >= 15 is 0 Å². The summed E-state index contributed by atoms with van der Waals surface area (Å²) in [7, 11) is 1.57. The third-order valence-electron chi connectivity index (χ3n) is 2.76. The molecule has 2 aromatic carbocycles. The van der Waals surface area contributed by atoms with Gasteiger partial charge in [0.2, 0.25) is 0 Å². The molecule has 0 radical (unpaired) electrons. The average Bonchev–Trinajstić information content (AvgIpc) is 2.45. The monoisotopic (exact) mass is 309 g/mol. The van der Waals surface area contributed by atoms with Gasteiger partial charge in [0.1, 0.15) is 0 Å². The van der Waals surface area contributed by atoms with Crippen LogP contribution in [0.5, 0.6) is 0 Å². The second-order valence-electron chi connectivity index (χ2n) is 4.11. The van der Waals surface area contributed by atoms with Crippen LogP contribution in [0.25, 0.3) is 0 Å². The minimum Gasteiger partial charge on any atom is -0.397 e. The van der Waals surface area contributed by atoms with Crippen molar-refractivity contribution in [1.82, 2.24) is 5.32 Å². The fraction of sp³-hybridized carbons (Fsp3) is 0.0714. The van der Waals surface area contributed by atoms with Crippen LogP contribution in [0.15, 0.2) is 36.4 Å². The van der Waals surface area contributed by atoms with E-state index in [1.807, 2.05) is 0 Å². The van der Waals surface area contributed by atoms with Crippen molar-refractivity contribution in [1.29, 1.82) is 0 Å². The Labute approximate surface area is 126 Å². The molecule has 6 heteroatoms. The van der Waals surface area contributed by atoms with Crippen molar-refractivity contribution in [3.63, 3.8) is 0 Å². The fourth-order valence-corrected chi connectivity index (χ4v) is 2.04. The largest absolute Gasteiger partial charge is 0.397 e. The van der Waals surface area contributed by atoms with E-state index in [0.717, 1.165) is 0 Å². The van der Waals surface area contributed by atoms with Crippen molar-refractivity contribution in [3.05, 3.63) is 52.0 Å². The van der Waals surface area contributed by atoms with E-state index in [-0.39, 0.29) is 5.91 Å². The number of hydrogen-bond donors (Lipinski definition) is 3. The Hall–Kier alpha value is -1.91. The van der Waals surface area contributed by atoms with E-state index in [9.17, 15) is 4.79 Å². The highest BCUT2D eigenvalue weighted by Gasteiger charge is 2.09. The second-order valence-corrected chi connectivity index (χ2v) is 4.89. The normalized spacial score (nSPS) is 10.2. The minimum absolute atomic E-state index is 0.190. The first-order valence-electron chi connectivity index (χ1n) is 5.85. The first-order chi connectivity index (χ1) is 9.52. The number of halogens is 2. The number of nitrogen functional groups attached to an aromatic ring is 1. The molecule has 0 atom stereocenters. The summed E-state index contributed by atoms with van der Waals surface area (Å²) in [5.41, 5.74) is 8.12. The molecule has 0 saturated carbocycles. The molecule has 4 nitrogen and oxygen atoms in total. The number of amides is 1. The molecule has 0 fully saturated rings. The number of carbonyl (C=O) groups is 1. The van der Waals surface area contributed by atoms with Gasteiger partial charge < -0.3 is 16.4 Å². The van der Waals surface area contributed by atoms with Gasteiger partial charge >= 0.3 is 0 Å². The third-order valence-corrected chi connectivity index (χ3v) is 3.58. The molecular formula is C14H13Cl2N3O. The zero-order valence-electron chi connectivity index (χ0n) is 10.7. The second kappa shape index (κ2) is 6.03. The highest BCUT2D eigenvalue weighted by atomic mass is 35.5. The van der Waals surface area contributed by atoms with Crippen LogP contribution < -0.4 is 16.4 Å². The van der Waals surface area contributed by atoms with E-state index in [1.165, 1.54) is 0 Å². The van der Waals surface area contributed by atoms with Gasteiger partial charge in [-0.15, -0.1) is 0 Å². The van der Waals surface area contributed by atoms with Gasteiger partial charge in [0.25, 0.3) is 5.91 Å². The molecule has 0 heterocycles. The van der Waals surface area contributed by atoms with Gasteiger partial charge in [0, 0.05) is 12.6 Å². The molecule has 0 aliphatic rings. The van der Waals surface area contributed by atoms with E-state index in [1.54, 1.807) is 43.4 Å². The summed E-state index contributed by atoms with van der Waals surface area (Å²) in [6.07, 6.45) is 0. The number of rotatable bonds is 3. The number of nitrogens with one attached hydrogen (secondary N) is 2. The first-order valence-corrected chi connectivity index (χ1v) is 6.61. The van der Waals surface area contributed by atoms with E-state index in [0.29, 0.717) is 32.7 Å². The van der Waals surface area contributed by atoms with E-state index < -0.39 is 0 Å². The SMILES string of the molecule is CNC(=O)c1ccc(N)c(Nc2cccc(Cl)c2Cl)c1. The van der Waals surface area contributed by atoms with Crippen LogP contribution in [-0.4, -0.2) is 13.0 Å². The molecule has 2 aromatic rings. The average molecular weight is 310 g/mol. The maximum absolute atomic E-state index is 11.6. The molecule has 0 aliphatic heterocycles. The molecule has 0 spiro atoms. The molecule has 0 aliphatic carbocycles. The molecule has 1 amide bonds. The maximum Gasteiger partial charge on any atom is 0.251 e. The van der Waals surface area contributed by atoms with Crippen molar-refractivity contribution >= 4 is 46.2 Å². The van der Waals surface area contributed by atoms with Gasteiger partial charge in [-0.3, -0.25) is 4.79 Å². The lowest BCUT2D eigenvalue weighted by Gasteiger charge is -2.12. The van der Waals surface area contributed by atoms with Gasteiger partial charge in [0.05, 0.1) is 27.1 Å². The lowest BCUT2D eigenvalue weighted by atomic mass is 10.1. The molecular weight excluding hydrogens is 297 g/mol. The quantitative estimate of drug-likeness (QED) is 0.758. The predicted molar refractivity (Wildman–Crippen MR) is 84.0 cm³/mol. The summed E-state index contributed by atoms with van der Waals surface area (Å²) in [4.78, 5) is 11.6. The molecule has 20 heavy (non-hydrogen) atoms. The topological polar surface area (TPSA) is 67.2 Å². The van der Waals surface area contributed by atoms with Crippen molar-refractivity contribution in [2.24, 2.45) is 0 Å². The molecule has 0 bridgehead atoms. The van der Waals surface area contributed by atoms with Crippen LogP contribution in [0.4, 0.5) is 17.1 Å². The summed E-state index contributed by atoms with van der Waals surface area (Å²) in [6, 6.07) is 10.2. The van der Waals surface area contributed by atoms with Crippen LogP contribution in [0.2, 0.25) is 10.0 Å². The molecule has 104 valence electrons. The van der Waals surface area contributed by atoms with Crippen LogP contribution >= 0.6 is 23.2 Å². The van der Waals surface area contributed by atoms with Crippen molar-refractivity contribution in [2.45, 2.75) is 0 Å². The van der Waals surface area contributed by atoms with E-state index in [4.69, 9.17) is 28.9 Å². The Morgan fingerprint density at radius 3 is 2.60 bits per heavy atom. The number of carbonyl (C=O) groups excluding carboxylic acids is 1. The number of anilines is 3. The smallest absolute Gasteiger partial charge is 0.251 e. The summed E-state index contributed by atoms with van der Waals surface area (Å²) in [5.74, 6) is -0.190. The maximum atomic E-state index is 11.6. The van der Waals surface area contributed by atoms with Gasteiger partial charge in [-0.25, -0.2) is 0 Å². The lowest BCUT2D eigenvalue weighted by Crippen LogP contribution is -2.18. The Kier molecular flexibility index (Phi) is 4.37. The zero-order valence-corrected chi connectivity index (χ0v) is 12.2. The van der Waals surface area contributed by atoms with Gasteiger partial charge in [-0.2, -0.15) is 0 Å². The van der Waals surface area contributed by atoms with Crippen molar-refractivity contribution in [2.75, 3.05) is 18.1 Å². The van der Waals surface area contributed by atoms with Crippen molar-refractivity contribution < 1.29 is 4.79 Å². The Balaban J connectivity index is 2.38. The molecule has 4 N–H and O–H groups in total. The molecule has 0 unspecified atom stereocenters. The van der Waals surface area contributed by atoms with Crippen LogP contribution in [-0.2, 0) is 0 Å². The minimum atomic E-state index is -0.190. The van der Waals surface area contributed by atoms with Crippen LogP contribution in [0.3, 0.4) is 0 Å². The summed E-state index contributed by atoms with van der Waals surface area (Å²) < 4.78 is 0. The predicted octanol–water partition coefficient (Wildman–Crippen LogP) is 3.68. The Morgan fingerprint density at radius 1 is 1.15 bits per heavy atom. The van der Waals surface area contributed by atoms with Crippen LogP contribution in [0, 0.1) is 0 Å². The van der Waals surface area contributed by atoms with Gasteiger partial charge in [-0.05, 0) is 30.3 Å². The molecule has 0 aromatic heterocycles. The van der Waals surface area contributed by atoms with Crippen LogP contribution in [0.1, 0.15) is 10.4 Å². The summed E-state index contributed by atoms with van der Waals surface area (Å²) in [6.45, 7) is 0. The lowest BCUT2D eigenvalue weighted by molar-refractivity contribution is 0.0963. The standard InChI is InChI=1S/C14H13Cl2N3O/c1-18-14(20)8-5-6-10(17)12(7-8)19-11-4-2-3-9(15)13(11)16/h2-7,19H,17H2,1H3,(H,18,20).